The lowest BCUT2D eigenvalue weighted by atomic mass is 10.1. The molecule has 90 valence electrons. The number of nitrogens with one attached hydrogen (secondary N) is 1. The Hall–Kier alpha value is 0.240. The van der Waals surface area contributed by atoms with E-state index in [1.807, 2.05) is 18.2 Å². The summed E-state index contributed by atoms with van der Waals surface area (Å²) in [7, 11) is 0. The lowest BCUT2D eigenvalue weighted by Crippen LogP contribution is -2.32. The van der Waals surface area contributed by atoms with Crippen molar-refractivity contribution in [3.05, 3.63) is 33.8 Å². The third kappa shape index (κ3) is 3.92. The summed E-state index contributed by atoms with van der Waals surface area (Å²) in [6.45, 7) is 5.06. The number of rotatable bonds is 5. The van der Waals surface area contributed by atoms with Crippen LogP contribution in [0.5, 0.6) is 0 Å². The van der Waals surface area contributed by atoms with Crippen LogP contribution >= 0.6 is 39.1 Å². The second-order valence-corrected chi connectivity index (χ2v) is 5.46. The first kappa shape index (κ1) is 14.3. The van der Waals surface area contributed by atoms with Crippen molar-refractivity contribution in [2.45, 2.75) is 26.4 Å². The molecule has 0 aromatic heterocycles. The fraction of sp³-hybridized carbons (Fsp3) is 0.500. The molecule has 1 N–H and O–H groups in total. The summed E-state index contributed by atoms with van der Waals surface area (Å²) >= 11 is 15.7. The minimum Gasteiger partial charge on any atom is -0.310 e. The second-order valence-electron chi connectivity index (χ2n) is 4.00. The molecule has 0 saturated heterocycles. The minimum atomic E-state index is 0.423. The zero-order chi connectivity index (χ0) is 12.1. The van der Waals surface area contributed by atoms with Gasteiger partial charge in [0.25, 0.3) is 0 Å². The summed E-state index contributed by atoms with van der Waals surface area (Å²) in [5, 5.41) is 5.86. The Labute approximate surface area is 116 Å². The molecule has 0 radical (unpaired) electrons. The molecule has 1 aromatic carbocycles. The summed E-state index contributed by atoms with van der Waals surface area (Å²) in [5.41, 5.74) is 0.972. The molecule has 2 unspecified atom stereocenters. The molecule has 1 aromatic rings. The van der Waals surface area contributed by atoms with E-state index in [9.17, 15) is 0 Å². The summed E-state index contributed by atoms with van der Waals surface area (Å²) < 4.78 is 0. The molecule has 0 spiro atoms. The van der Waals surface area contributed by atoms with Crippen LogP contribution in [0.15, 0.2) is 18.2 Å². The van der Waals surface area contributed by atoms with Crippen LogP contribution in [0.4, 0.5) is 0 Å². The molecule has 16 heavy (non-hydrogen) atoms. The van der Waals surface area contributed by atoms with E-state index in [4.69, 9.17) is 23.2 Å². The standard InChI is InChI=1S/C12H16BrCl2N/c1-8(6-13)9(2)16-7-10-11(14)4-3-5-12(10)15/h3-5,8-9,16H,6-7H2,1-2H3. The van der Waals surface area contributed by atoms with Crippen molar-refractivity contribution in [1.82, 2.24) is 5.32 Å². The van der Waals surface area contributed by atoms with Crippen LogP contribution in [-0.4, -0.2) is 11.4 Å². The van der Waals surface area contributed by atoms with Gasteiger partial charge in [-0.25, -0.2) is 0 Å². The molecule has 4 heteroatoms. The molecule has 0 fully saturated rings. The van der Waals surface area contributed by atoms with Crippen LogP contribution in [-0.2, 0) is 6.54 Å². The van der Waals surface area contributed by atoms with Gasteiger partial charge in [-0.1, -0.05) is 52.1 Å². The fourth-order valence-corrected chi connectivity index (χ4v) is 2.39. The molecule has 0 saturated carbocycles. The van der Waals surface area contributed by atoms with Crippen molar-refractivity contribution in [3.63, 3.8) is 0 Å². The maximum Gasteiger partial charge on any atom is 0.0465 e. The van der Waals surface area contributed by atoms with E-state index in [0.29, 0.717) is 18.5 Å². The molecule has 0 amide bonds. The van der Waals surface area contributed by atoms with E-state index in [2.05, 4.69) is 35.1 Å². The van der Waals surface area contributed by atoms with Gasteiger partial charge in [-0.05, 0) is 25.0 Å². The van der Waals surface area contributed by atoms with Crippen LogP contribution in [0.3, 0.4) is 0 Å². The van der Waals surface area contributed by atoms with Gasteiger partial charge in [-0.15, -0.1) is 0 Å². The molecule has 0 aliphatic heterocycles. The molecule has 0 heterocycles. The van der Waals surface area contributed by atoms with Gasteiger partial charge in [0.15, 0.2) is 0 Å². The van der Waals surface area contributed by atoms with Crippen LogP contribution in [0.2, 0.25) is 10.0 Å². The van der Waals surface area contributed by atoms with Crippen LogP contribution in [0.25, 0.3) is 0 Å². The van der Waals surface area contributed by atoms with E-state index in [0.717, 1.165) is 20.9 Å². The Balaban J connectivity index is 2.61. The van der Waals surface area contributed by atoms with Crippen molar-refractivity contribution < 1.29 is 0 Å². The quantitative estimate of drug-likeness (QED) is 0.786. The number of alkyl halides is 1. The Kier molecular flexibility index (Phi) is 6.12. The van der Waals surface area contributed by atoms with Crippen molar-refractivity contribution in [3.8, 4) is 0 Å². The van der Waals surface area contributed by atoms with Crippen LogP contribution < -0.4 is 5.32 Å². The monoisotopic (exact) mass is 323 g/mol. The van der Waals surface area contributed by atoms with E-state index in [1.54, 1.807) is 0 Å². The maximum atomic E-state index is 6.09. The van der Waals surface area contributed by atoms with Gasteiger partial charge in [-0.2, -0.15) is 0 Å². The summed E-state index contributed by atoms with van der Waals surface area (Å²) in [6, 6.07) is 6.01. The highest BCUT2D eigenvalue weighted by atomic mass is 79.9. The topological polar surface area (TPSA) is 12.0 Å². The van der Waals surface area contributed by atoms with Crippen molar-refractivity contribution in [2.75, 3.05) is 5.33 Å². The minimum absolute atomic E-state index is 0.423. The largest absolute Gasteiger partial charge is 0.310 e. The van der Waals surface area contributed by atoms with Gasteiger partial charge in [0.2, 0.25) is 0 Å². The molecule has 0 aliphatic rings. The van der Waals surface area contributed by atoms with Gasteiger partial charge in [0.1, 0.15) is 0 Å². The first-order valence-corrected chi connectivity index (χ1v) is 7.16. The summed E-state index contributed by atoms with van der Waals surface area (Å²) in [5.74, 6) is 0.571. The lowest BCUT2D eigenvalue weighted by Gasteiger charge is -2.20. The molecule has 2 atom stereocenters. The first-order valence-electron chi connectivity index (χ1n) is 5.28. The Morgan fingerprint density at radius 2 is 1.81 bits per heavy atom. The van der Waals surface area contributed by atoms with Gasteiger partial charge < -0.3 is 5.32 Å². The van der Waals surface area contributed by atoms with Crippen LogP contribution in [0, 0.1) is 5.92 Å². The van der Waals surface area contributed by atoms with Crippen molar-refractivity contribution >= 4 is 39.1 Å². The average Bonchev–Trinajstić information content (AvgIpc) is 2.27. The number of benzene rings is 1. The van der Waals surface area contributed by atoms with Gasteiger partial charge in [0, 0.05) is 33.5 Å². The Bertz CT molecular complexity index is 324. The highest BCUT2D eigenvalue weighted by Gasteiger charge is 2.12. The highest BCUT2D eigenvalue weighted by molar-refractivity contribution is 9.09. The molecule has 1 rings (SSSR count). The fourth-order valence-electron chi connectivity index (χ4n) is 1.30. The van der Waals surface area contributed by atoms with E-state index < -0.39 is 0 Å². The molecule has 1 nitrogen and oxygen atoms in total. The van der Waals surface area contributed by atoms with E-state index in [1.165, 1.54) is 0 Å². The number of hydrogen-bond donors (Lipinski definition) is 1. The Morgan fingerprint density at radius 3 is 2.31 bits per heavy atom. The van der Waals surface area contributed by atoms with Crippen molar-refractivity contribution in [2.24, 2.45) is 5.92 Å². The highest BCUT2D eigenvalue weighted by Crippen LogP contribution is 2.24. The van der Waals surface area contributed by atoms with Crippen molar-refractivity contribution in [1.29, 1.82) is 0 Å². The number of halogens is 3. The second kappa shape index (κ2) is 6.85. The first-order chi connectivity index (χ1) is 7.56. The van der Waals surface area contributed by atoms with E-state index in [-0.39, 0.29) is 0 Å². The van der Waals surface area contributed by atoms with Gasteiger partial charge in [0.05, 0.1) is 0 Å². The molecule has 0 bridgehead atoms. The van der Waals surface area contributed by atoms with E-state index >= 15 is 0 Å². The third-order valence-electron chi connectivity index (χ3n) is 2.76. The number of hydrogen-bond acceptors (Lipinski definition) is 1. The summed E-state index contributed by atoms with van der Waals surface area (Å²) in [6.07, 6.45) is 0. The smallest absolute Gasteiger partial charge is 0.0465 e. The predicted octanol–water partition coefficient (Wildman–Crippen LogP) is 4.50. The Morgan fingerprint density at radius 1 is 1.25 bits per heavy atom. The molecule has 0 aliphatic carbocycles. The van der Waals surface area contributed by atoms with Crippen LogP contribution in [0.1, 0.15) is 19.4 Å². The van der Waals surface area contributed by atoms with Gasteiger partial charge in [-0.3, -0.25) is 0 Å². The average molecular weight is 325 g/mol. The zero-order valence-corrected chi connectivity index (χ0v) is 12.5. The SMILES string of the molecule is CC(CBr)C(C)NCc1c(Cl)cccc1Cl. The molecular formula is C12H16BrCl2N. The zero-order valence-electron chi connectivity index (χ0n) is 9.43. The predicted molar refractivity (Wildman–Crippen MR) is 75.7 cm³/mol. The summed E-state index contributed by atoms with van der Waals surface area (Å²) in [4.78, 5) is 0. The normalized spacial score (nSPS) is 14.8. The third-order valence-corrected chi connectivity index (χ3v) is 4.49. The molecular weight excluding hydrogens is 309 g/mol. The maximum absolute atomic E-state index is 6.09. The van der Waals surface area contributed by atoms with Gasteiger partial charge >= 0.3 is 0 Å². The lowest BCUT2D eigenvalue weighted by molar-refractivity contribution is 0.433.